The lowest BCUT2D eigenvalue weighted by molar-refractivity contribution is 0.192. The lowest BCUT2D eigenvalue weighted by Crippen LogP contribution is -2.36. The van der Waals surface area contributed by atoms with Crippen LogP contribution in [0, 0.1) is 0 Å². The number of benzene rings is 2. The van der Waals surface area contributed by atoms with Crippen LogP contribution in [0.2, 0.25) is 0 Å². The van der Waals surface area contributed by atoms with Crippen molar-refractivity contribution in [2.45, 2.75) is 6.92 Å². The van der Waals surface area contributed by atoms with Crippen molar-refractivity contribution >= 4 is 22.8 Å². The second-order valence-corrected chi connectivity index (χ2v) is 5.30. The fourth-order valence-corrected chi connectivity index (χ4v) is 2.42. The topological polar surface area (TPSA) is 78.6 Å². The third kappa shape index (κ3) is 3.38. The van der Waals surface area contributed by atoms with Crippen molar-refractivity contribution in [3.8, 4) is 11.5 Å². The molecule has 0 saturated carbocycles. The molecule has 6 nitrogen and oxygen atoms in total. The van der Waals surface area contributed by atoms with Gasteiger partial charge in [0.05, 0.1) is 6.61 Å². The number of hydrogen-bond donors (Lipinski definition) is 2. The molecule has 0 bridgehead atoms. The van der Waals surface area contributed by atoms with E-state index >= 15 is 0 Å². The first kappa shape index (κ1) is 16.0. The quantitative estimate of drug-likeness (QED) is 0.754. The number of aliphatic hydroxyl groups excluding tert-OH is 1. The predicted molar refractivity (Wildman–Crippen MR) is 92.8 cm³/mol. The zero-order valence-electron chi connectivity index (χ0n) is 13.4. The Morgan fingerprint density at radius 2 is 1.96 bits per heavy atom. The van der Waals surface area contributed by atoms with E-state index in [9.17, 15) is 4.79 Å². The summed E-state index contributed by atoms with van der Waals surface area (Å²) >= 11 is 0. The van der Waals surface area contributed by atoms with Gasteiger partial charge < -0.3 is 19.7 Å². The molecule has 1 heterocycles. The monoisotopic (exact) mass is 325 g/mol. The maximum Gasteiger partial charge on any atom is 0.321 e. The van der Waals surface area contributed by atoms with Gasteiger partial charge in [-0.25, -0.2) is 9.78 Å². The van der Waals surface area contributed by atoms with Crippen molar-refractivity contribution in [3.63, 3.8) is 0 Å². The Labute approximate surface area is 139 Å². The number of amides is 2. The Morgan fingerprint density at radius 3 is 2.62 bits per heavy atom. The van der Waals surface area contributed by atoms with Crippen LogP contribution >= 0.6 is 0 Å². The number of aromatic nitrogens is 1. The van der Waals surface area contributed by atoms with Crippen LogP contribution in [0.5, 0.6) is 0 Å². The summed E-state index contributed by atoms with van der Waals surface area (Å²) < 4.78 is 5.73. The number of carbonyl (C=O) groups is 1. The van der Waals surface area contributed by atoms with Gasteiger partial charge in [0.25, 0.3) is 0 Å². The molecule has 2 amide bonds. The maximum absolute atomic E-state index is 12.1. The highest BCUT2D eigenvalue weighted by molar-refractivity contribution is 5.89. The molecule has 0 unspecified atom stereocenters. The van der Waals surface area contributed by atoms with Crippen LogP contribution in [0.4, 0.5) is 10.5 Å². The lowest BCUT2D eigenvalue weighted by atomic mass is 10.2. The minimum atomic E-state index is -0.235. The highest BCUT2D eigenvalue weighted by atomic mass is 16.3. The first-order valence-electron chi connectivity index (χ1n) is 7.84. The molecule has 0 radical (unpaired) electrons. The summed E-state index contributed by atoms with van der Waals surface area (Å²) in [6, 6.07) is 14.7. The maximum atomic E-state index is 12.1. The van der Waals surface area contributed by atoms with Crippen LogP contribution in [0.15, 0.2) is 52.9 Å². The SMILES string of the molecule is CCN(CCO)C(=O)Nc1ccc(-c2nc3ccccc3o2)cc1. The van der Waals surface area contributed by atoms with Crippen molar-refractivity contribution < 1.29 is 14.3 Å². The van der Waals surface area contributed by atoms with Crippen LogP contribution in [-0.4, -0.2) is 40.7 Å². The Bertz CT molecular complexity index is 794. The summed E-state index contributed by atoms with van der Waals surface area (Å²) in [4.78, 5) is 18.1. The fourth-order valence-electron chi connectivity index (χ4n) is 2.42. The number of nitrogens with zero attached hydrogens (tertiary/aromatic N) is 2. The van der Waals surface area contributed by atoms with E-state index in [1.54, 1.807) is 12.1 Å². The standard InChI is InChI=1S/C18H19N3O3/c1-2-21(11-12-22)18(23)19-14-9-7-13(8-10-14)17-20-15-5-3-4-6-16(15)24-17/h3-10,22H,2,11-12H2,1H3,(H,19,23). The van der Waals surface area contributed by atoms with Crippen LogP contribution in [0.3, 0.4) is 0 Å². The van der Waals surface area contributed by atoms with E-state index < -0.39 is 0 Å². The molecule has 2 aromatic carbocycles. The number of fused-ring (bicyclic) bond motifs is 1. The summed E-state index contributed by atoms with van der Waals surface area (Å²) in [5, 5.41) is 11.8. The summed E-state index contributed by atoms with van der Waals surface area (Å²) in [6.45, 7) is 2.65. The van der Waals surface area contributed by atoms with Gasteiger partial charge >= 0.3 is 6.03 Å². The zero-order chi connectivity index (χ0) is 16.9. The van der Waals surface area contributed by atoms with Gasteiger partial charge in [-0.15, -0.1) is 0 Å². The van der Waals surface area contributed by atoms with Crippen LogP contribution in [0.1, 0.15) is 6.92 Å². The molecule has 0 aliphatic rings. The number of likely N-dealkylation sites (N-methyl/N-ethyl adjacent to an activating group) is 1. The number of rotatable bonds is 5. The molecule has 0 atom stereocenters. The first-order chi connectivity index (χ1) is 11.7. The number of carbonyl (C=O) groups excluding carboxylic acids is 1. The summed E-state index contributed by atoms with van der Waals surface area (Å²) in [5.41, 5.74) is 3.07. The Morgan fingerprint density at radius 1 is 1.21 bits per heavy atom. The second kappa shape index (κ2) is 7.14. The molecule has 24 heavy (non-hydrogen) atoms. The first-order valence-corrected chi connectivity index (χ1v) is 7.84. The van der Waals surface area contributed by atoms with Gasteiger partial charge in [-0.05, 0) is 43.3 Å². The number of oxazole rings is 1. The van der Waals surface area contributed by atoms with Gasteiger partial charge in [-0.1, -0.05) is 12.1 Å². The number of urea groups is 1. The van der Waals surface area contributed by atoms with Crippen molar-refractivity contribution in [1.29, 1.82) is 0 Å². The molecule has 124 valence electrons. The lowest BCUT2D eigenvalue weighted by Gasteiger charge is -2.20. The third-order valence-electron chi connectivity index (χ3n) is 3.72. The molecular formula is C18H19N3O3. The zero-order valence-corrected chi connectivity index (χ0v) is 13.4. The minimum absolute atomic E-state index is 0.0576. The van der Waals surface area contributed by atoms with E-state index in [1.807, 2.05) is 43.3 Å². The summed E-state index contributed by atoms with van der Waals surface area (Å²) in [6.07, 6.45) is 0. The number of anilines is 1. The number of hydrogen-bond acceptors (Lipinski definition) is 4. The third-order valence-corrected chi connectivity index (χ3v) is 3.72. The van der Waals surface area contributed by atoms with E-state index in [0.717, 1.165) is 16.7 Å². The smallest absolute Gasteiger partial charge is 0.321 e. The molecule has 0 aliphatic heterocycles. The highest BCUT2D eigenvalue weighted by Crippen LogP contribution is 2.25. The van der Waals surface area contributed by atoms with Gasteiger partial charge in [-0.3, -0.25) is 0 Å². The van der Waals surface area contributed by atoms with Gasteiger partial charge in [0.1, 0.15) is 5.52 Å². The molecule has 3 rings (SSSR count). The number of nitrogens with one attached hydrogen (secondary N) is 1. The Balaban J connectivity index is 1.74. The van der Waals surface area contributed by atoms with E-state index in [0.29, 0.717) is 24.7 Å². The van der Waals surface area contributed by atoms with Crippen molar-refractivity contribution in [1.82, 2.24) is 9.88 Å². The van der Waals surface area contributed by atoms with Crippen molar-refractivity contribution in [2.24, 2.45) is 0 Å². The van der Waals surface area contributed by atoms with Gasteiger partial charge in [0.2, 0.25) is 5.89 Å². The largest absolute Gasteiger partial charge is 0.436 e. The summed E-state index contributed by atoms with van der Waals surface area (Å²) in [5.74, 6) is 0.546. The molecule has 1 aromatic heterocycles. The van der Waals surface area contributed by atoms with Gasteiger partial charge in [0.15, 0.2) is 5.58 Å². The number of aliphatic hydroxyl groups is 1. The summed E-state index contributed by atoms with van der Waals surface area (Å²) in [7, 11) is 0. The average molecular weight is 325 g/mol. The van der Waals surface area contributed by atoms with Gasteiger partial charge in [0, 0.05) is 24.3 Å². The molecule has 3 aromatic rings. The number of para-hydroxylation sites is 2. The van der Waals surface area contributed by atoms with E-state index in [2.05, 4.69) is 10.3 Å². The molecule has 6 heteroatoms. The Hall–Kier alpha value is -2.86. The van der Waals surface area contributed by atoms with E-state index in [1.165, 1.54) is 4.90 Å². The Kier molecular flexibility index (Phi) is 4.77. The molecule has 0 aliphatic carbocycles. The van der Waals surface area contributed by atoms with Crippen molar-refractivity contribution in [3.05, 3.63) is 48.5 Å². The predicted octanol–water partition coefficient (Wildman–Crippen LogP) is 3.34. The average Bonchev–Trinajstić information content (AvgIpc) is 3.04. The molecule has 0 saturated heterocycles. The van der Waals surface area contributed by atoms with Crippen LogP contribution in [-0.2, 0) is 0 Å². The molecular weight excluding hydrogens is 306 g/mol. The van der Waals surface area contributed by atoms with Crippen molar-refractivity contribution in [2.75, 3.05) is 25.0 Å². The minimum Gasteiger partial charge on any atom is -0.436 e. The molecule has 2 N–H and O–H groups in total. The second-order valence-electron chi connectivity index (χ2n) is 5.30. The normalized spacial score (nSPS) is 10.8. The van der Waals surface area contributed by atoms with Gasteiger partial charge in [-0.2, -0.15) is 0 Å². The molecule has 0 spiro atoms. The molecule has 0 fully saturated rings. The van der Waals surface area contributed by atoms with E-state index in [-0.39, 0.29) is 12.6 Å². The highest BCUT2D eigenvalue weighted by Gasteiger charge is 2.12. The van der Waals surface area contributed by atoms with E-state index in [4.69, 9.17) is 9.52 Å². The van der Waals surface area contributed by atoms with Crippen LogP contribution in [0.25, 0.3) is 22.6 Å². The van der Waals surface area contributed by atoms with Crippen LogP contribution < -0.4 is 5.32 Å². The fraction of sp³-hybridized carbons (Fsp3) is 0.222.